The van der Waals surface area contributed by atoms with Gasteiger partial charge in [-0.2, -0.15) is 0 Å². The minimum atomic E-state index is 0.446. The predicted octanol–water partition coefficient (Wildman–Crippen LogP) is 5.56. The third-order valence-corrected chi connectivity index (χ3v) is 6.38. The number of rotatable bonds is 4. The zero-order chi connectivity index (χ0) is 17.3. The molecule has 1 aliphatic carbocycles. The summed E-state index contributed by atoms with van der Waals surface area (Å²) in [5.74, 6) is 2.11. The molecular formula is C22H34N2. The molecule has 2 aromatic rings. The molecule has 1 atom stereocenters. The molecule has 3 rings (SSSR count). The van der Waals surface area contributed by atoms with Crippen LogP contribution in [0.15, 0.2) is 30.5 Å². The van der Waals surface area contributed by atoms with E-state index in [0.717, 1.165) is 24.9 Å². The molecule has 24 heavy (non-hydrogen) atoms. The lowest BCUT2D eigenvalue weighted by molar-refractivity contribution is 0.140. The summed E-state index contributed by atoms with van der Waals surface area (Å²) in [7, 11) is 0. The summed E-state index contributed by atoms with van der Waals surface area (Å²) in [6, 6.07) is 8.83. The first-order valence-corrected chi connectivity index (χ1v) is 9.73. The first-order chi connectivity index (χ1) is 11.5. The Labute approximate surface area is 147 Å². The number of aromatic nitrogens is 1. The molecule has 0 radical (unpaired) electrons. The van der Waals surface area contributed by atoms with Crippen LogP contribution in [0.4, 0.5) is 0 Å². The molecule has 2 N–H and O–H groups in total. The van der Waals surface area contributed by atoms with Gasteiger partial charge in [0.2, 0.25) is 0 Å². The second kappa shape index (κ2) is 6.92. The van der Waals surface area contributed by atoms with Crippen LogP contribution in [0.1, 0.15) is 64.9 Å². The highest BCUT2D eigenvalue weighted by atomic mass is 14.9. The number of nitrogens with two attached hydrogens (primary N) is 1. The topological polar surface area (TPSA) is 30.9 Å². The van der Waals surface area contributed by atoms with E-state index in [0.29, 0.717) is 11.3 Å². The van der Waals surface area contributed by atoms with Crippen LogP contribution >= 0.6 is 0 Å². The van der Waals surface area contributed by atoms with E-state index in [1.165, 1.54) is 42.1 Å². The molecule has 0 aliphatic heterocycles. The average molecular weight is 327 g/mol. The predicted molar refractivity (Wildman–Crippen MR) is 104 cm³/mol. The Hall–Kier alpha value is -1.28. The van der Waals surface area contributed by atoms with Crippen LogP contribution in [-0.2, 0) is 6.54 Å². The summed E-state index contributed by atoms with van der Waals surface area (Å²) < 4.78 is 2.38. The molecule has 0 bridgehead atoms. The van der Waals surface area contributed by atoms with Gasteiger partial charge in [0, 0.05) is 29.6 Å². The Morgan fingerprint density at radius 2 is 1.79 bits per heavy atom. The van der Waals surface area contributed by atoms with Crippen molar-refractivity contribution in [2.24, 2.45) is 23.0 Å². The van der Waals surface area contributed by atoms with Crippen LogP contribution in [-0.4, -0.2) is 11.1 Å². The largest absolute Gasteiger partial charge is 0.347 e. The fraction of sp³-hybridized carbons (Fsp3) is 0.636. The molecule has 0 spiro atoms. The first kappa shape index (κ1) is 17.5. The van der Waals surface area contributed by atoms with Crippen LogP contribution in [0, 0.1) is 17.3 Å². The molecule has 0 saturated heterocycles. The van der Waals surface area contributed by atoms with Crippen molar-refractivity contribution >= 4 is 10.9 Å². The fourth-order valence-electron chi connectivity index (χ4n) is 4.79. The summed E-state index contributed by atoms with van der Waals surface area (Å²) in [6.07, 6.45) is 7.75. The number of nitrogens with zero attached hydrogens (tertiary/aromatic N) is 1. The van der Waals surface area contributed by atoms with Gasteiger partial charge in [0.15, 0.2) is 0 Å². The summed E-state index contributed by atoms with van der Waals surface area (Å²) >= 11 is 0. The SMILES string of the molecule is CCn1cc(C(CN)C2CCC(C(C)(C)C)CC2)c2ccccc21. The van der Waals surface area contributed by atoms with Gasteiger partial charge in [-0.15, -0.1) is 0 Å². The van der Waals surface area contributed by atoms with Crippen LogP contribution in [0.3, 0.4) is 0 Å². The maximum atomic E-state index is 6.29. The van der Waals surface area contributed by atoms with Crippen molar-refractivity contribution in [1.82, 2.24) is 4.57 Å². The Morgan fingerprint density at radius 1 is 1.12 bits per heavy atom. The summed E-state index contributed by atoms with van der Waals surface area (Å²) in [6.45, 7) is 11.2. The van der Waals surface area contributed by atoms with Crippen molar-refractivity contribution in [1.29, 1.82) is 0 Å². The third kappa shape index (κ3) is 3.26. The lowest BCUT2D eigenvalue weighted by Crippen LogP contribution is -2.30. The van der Waals surface area contributed by atoms with E-state index in [1.807, 2.05) is 0 Å². The lowest BCUT2D eigenvalue weighted by atomic mass is 9.66. The Kier molecular flexibility index (Phi) is 5.05. The van der Waals surface area contributed by atoms with Gasteiger partial charge >= 0.3 is 0 Å². The molecule has 132 valence electrons. The number of hydrogen-bond donors (Lipinski definition) is 1. The smallest absolute Gasteiger partial charge is 0.0483 e. The average Bonchev–Trinajstić information content (AvgIpc) is 2.94. The Balaban J connectivity index is 1.86. The Morgan fingerprint density at radius 3 is 2.38 bits per heavy atom. The minimum Gasteiger partial charge on any atom is -0.347 e. The number of para-hydroxylation sites is 1. The molecule has 2 heteroatoms. The van der Waals surface area contributed by atoms with Crippen molar-refractivity contribution in [2.75, 3.05) is 6.54 Å². The van der Waals surface area contributed by atoms with Crippen molar-refractivity contribution in [3.8, 4) is 0 Å². The standard InChI is InChI=1S/C22H34N2/c1-5-24-15-20(18-8-6-7-9-21(18)24)19(14-23)16-10-12-17(13-11-16)22(2,3)4/h6-9,15-17,19H,5,10-14,23H2,1-4H3. The minimum absolute atomic E-state index is 0.446. The van der Waals surface area contributed by atoms with E-state index < -0.39 is 0 Å². The van der Waals surface area contributed by atoms with Crippen LogP contribution in [0.5, 0.6) is 0 Å². The summed E-state index contributed by atoms with van der Waals surface area (Å²) in [4.78, 5) is 0. The van der Waals surface area contributed by atoms with Crippen molar-refractivity contribution in [2.45, 2.75) is 65.8 Å². The van der Waals surface area contributed by atoms with Gasteiger partial charge in [-0.3, -0.25) is 0 Å². The molecule has 1 heterocycles. The van der Waals surface area contributed by atoms with Crippen molar-refractivity contribution in [3.63, 3.8) is 0 Å². The fourth-order valence-corrected chi connectivity index (χ4v) is 4.79. The molecule has 1 aromatic carbocycles. The van der Waals surface area contributed by atoms with E-state index in [2.05, 4.69) is 62.7 Å². The van der Waals surface area contributed by atoms with Gasteiger partial charge in [-0.1, -0.05) is 39.0 Å². The first-order valence-electron chi connectivity index (χ1n) is 9.73. The number of aryl methyl sites for hydroxylation is 1. The van der Waals surface area contributed by atoms with Crippen LogP contribution in [0.2, 0.25) is 0 Å². The zero-order valence-corrected chi connectivity index (χ0v) is 15.9. The van der Waals surface area contributed by atoms with E-state index in [9.17, 15) is 0 Å². The molecular weight excluding hydrogens is 292 g/mol. The molecule has 2 nitrogen and oxygen atoms in total. The second-order valence-electron chi connectivity index (χ2n) is 8.71. The Bertz CT molecular complexity index is 669. The van der Waals surface area contributed by atoms with Gasteiger partial charge in [-0.25, -0.2) is 0 Å². The van der Waals surface area contributed by atoms with Gasteiger partial charge in [-0.05, 0) is 68.0 Å². The van der Waals surface area contributed by atoms with E-state index in [1.54, 1.807) is 0 Å². The zero-order valence-electron chi connectivity index (χ0n) is 15.9. The van der Waals surface area contributed by atoms with Crippen LogP contribution < -0.4 is 5.73 Å². The number of fused-ring (bicyclic) bond motifs is 1. The van der Waals surface area contributed by atoms with Gasteiger partial charge in [0.1, 0.15) is 0 Å². The van der Waals surface area contributed by atoms with Gasteiger partial charge < -0.3 is 10.3 Å². The quantitative estimate of drug-likeness (QED) is 0.784. The summed E-state index contributed by atoms with van der Waals surface area (Å²) in [5, 5.41) is 1.41. The highest BCUT2D eigenvalue weighted by Crippen LogP contribution is 2.45. The highest BCUT2D eigenvalue weighted by molar-refractivity contribution is 5.84. The van der Waals surface area contributed by atoms with E-state index in [4.69, 9.17) is 5.73 Å². The second-order valence-corrected chi connectivity index (χ2v) is 8.71. The maximum Gasteiger partial charge on any atom is 0.0483 e. The molecule has 1 fully saturated rings. The van der Waals surface area contributed by atoms with Gasteiger partial charge in [0.05, 0.1) is 0 Å². The monoisotopic (exact) mass is 326 g/mol. The third-order valence-electron chi connectivity index (χ3n) is 6.38. The highest BCUT2D eigenvalue weighted by Gasteiger charge is 2.33. The van der Waals surface area contributed by atoms with Crippen molar-refractivity contribution < 1.29 is 0 Å². The lowest BCUT2D eigenvalue weighted by Gasteiger charge is -2.39. The number of hydrogen-bond acceptors (Lipinski definition) is 1. The van der Waals surface area contributed by atoms with Crippen LogP contribution in [0.25, 0.3) is 10.9 Å². The maximum absolute atomic E-state index is 6.29. The molecule has 1 saturated carbocycles. The molecule has 1 unspecified atom stereocenters. The van der Waals surface area contributed by atoms with Gasteiger partial charge in [0.25, 0.3) is 0 Å². The molecule has 1 aromatic heterocycles. The molecule has 0 amide bonds. The summed E-state index contributed by atoms with van der Waals surface area (Å²) in [5.41, 5.74) is 9.57. The van der Waals surface area contributed by atoms with Crippen molar-refractivity contribution in [3.05, 3.63) is 36.0 Å². The number of benzene rings is 1. The molecule has 1 aliphatic rings. The van der Waals surface area contributed by atoms with E-state index in [-0.39, 0.29) is 0 Å². The normalized spacial score (nSPS) is 23.5. The van der Waals surface area contributed by atoms with E-state index >= 15 is 0 Å².